The summed E-state index contributed by atoms with van der Waals surface area (Å²) in [5, 5.41) is 9.46. The Kier molecular flexibility index (Phi) is 7.58. The van der Waals surface area contributed by atoms with Crippen molar-refractivity contribution in [2.24, 2.45) is 0 Å². The molecule has 108 valence electrons. The minimum Gasteiger partial charge on any atom is -0.746 e. The number of rotatable bonds is 6. The zero-order valence-corrected chi connectivity index (χ0v) is 13.9. The normalized spacial score (nSPS) is 14.5. The molecule has 1 aromatic rings. The predicted molar refractivity (Wildman–Crippen MR) is 61.7 cm³/mol. The van der Waals surface area contributed by atoms with Crippen molar-refractivity contribution in [3.05, 3.63) is 29.8 Å². The molecule has 1 atom stereocenters. The molecule has 0 radical (unpaired) electrons. The Morgan fingerprint density at radius 2 is 1.85 bits per heavy atom. The van der Waals surface area contributed by atoms with E-state index in [0.717, 1.165) is 6.92 Å². The molecule has 1 N–H and O–H groups in total. The van der Waals surface area contributed by atoms with Gasteiger partial charge in [-0.05, 0) is 37.5 Å². The van der Waals surface area contributed by atoms with Gasteiger partial charge in [0.25, 0.3) is 0 Å². The van der Waals surface area contributed by atoms with E-state index in [1.165, 1.54) is 24.3 Å². The number of ether oxygens (including phenoxy) is 1. The molecular formula is C11H13F2NaO5S. The Balaban J connectivity index is 0.00000361. The van der Waals surface area contributed by atoms with Gasteiger partial charge in [-0.25, -0.2) is 8.42 Å². The summed E-state index contributed by atoms with van der Waals surface area (Å²) in [6.45, 7) is -2.00. The van der Waals surface area contributed by atoms with Gasteiger partial charge in [0, 0.05) is 0 Å². The maximum Gasteiger partial charge on any atom is 1.00 e. The van der Waals surface area contributed by atoms with Gasteiger partial charge in [-0.3, -0.25) is 0 Å². The molecule has 0 bridgehead atoms. The van der Waals surface area contributed by atoms with Crippen LogP contribution >= 0.6 is 0 Å². The van der Waals surface area contributed by atoms with E-state index in [2.05, 4.69) is 4.74 Å². The molecule has 0 fully saturated rings. The van der Waals surface area contributed by atoms with Gasteiger partial charge >= 0.3 is 36.2 Å². The van der Waals surface area contributed by atoms with Crippen molar-refractivity contribution in [2.45, 2.75) is 31.3 Å². The van der Waals surface area contributed by atoms with Crippen LogP contribution in [-0.4, -0.2) is 29.6 Å². The number of aliphatic hydroxyl groups is 1. The minimum absolute atomic E-state index is 0. The number of hydrogen-bond acceptors (Lipinski definition) is 5. The molecule has 0 aromatic heterocycles. The van der Waals surface area contributed by atoms with Crippen LogP contribution in [0.15, 0.2) is 24.3 Å². The maximum atomic E-state index is 11.9. The van der Waals surface area contributed by atoms with E-state index in [9.17, 15) is 26.9 Å². The van der Waals surface area contributed by atoms with Gasteiger partial charge in [-0.1, -0.05) is 12.1 Å². The van der Waals surface area contributed by atoms with Crippen LogP contribution in [0.5, 0.6) is 5.75 Å². The molecule has 0 aliphatic rings. The quantitative estimate of drug-likeness (QED) is 0.508. The van der Waals surface area contributed by atoms with E-state index < -0.39 is 21.7 Å². The average Bonchev–Trinajstić information content (AvgIpc) is 2.26. The van der Waals surface area contributed by atoms with Crippen molar-refractivity contribution in [1.29, 1.82) is 0 Å². The molecule has 0 amide bonds. The first kappa shape index (κ1) is 19.8. The Bertz CT molecular complexity index is 516. The second-order valence-electron chi connectivity index (χ2n) is 4.15. The zero-order valence-electron chi connectivity index (χ0n) is 11.0. The number of alkyl halides is 2. The van der Waals surface area contributed by atoms with E-state index >= 15 is 0 Å². The summed E-state index contributed by atoms with van der Waals surface area (Å²) in [5.41, 5.74) is 0.588. The van der Waals surface area contributed by atoms with Crippen molar-refractivity contribution >= 4 is 10.1 Å². The van der Waals surface area contributed by atoms with Crippen LogP contribution in [0.4, 0.5) is 8.78 Å². The first-order valence-electron chi connectivity index (χ1n) is 5.33. The molecule has 1 unspecified atom stereocenters. The van der Waals surface area contributed by atoms with Crippen LogP contribution in [0, 0.1) is 0 Å². The molecule has 9 heteroatoms. The second kappa shape index (κ2) is 7.67. The fourth-order valence-electron chi connectivity index (χ4n) is 1.34. The van der Waals surface area contributed by atoms with Crippen molar-refractivity contribution in [1.82, 2.24) is 0 Å². The van der Waals surface area contributed by atoms with Crippen LogP contribution in [0.3, 0.4) is 0 Å². The van der Waals surface area contributed by atoms with Gasteiger partial charge in [0.1, 0.15) is 15.9 Å². The summed E-state index contributed by atoms with van der Waals surface area (Å²) in [6.07, 6.45) is -0.169. The van der Waals surface area contributed by atoms with Crippen LogP contribution in [0.2, 0.25) is 0 Å². The van der Waals surface area contributed by atoms with Gasteiger partial charge < -0.3 is 14.4 Å². The van der Waals surface area contributed by atoms with Crippen molar-refractivity contribution in [2.75, 3.05) is 0 Å². The summed E-state index contributed by atoms with van der Waals surface area (Å²) in [5.74, 6) is -0.0260. The third kappa shape index (κ3) is 6.02. The van der Waals surface area contributed by atoms with Crippen LogP contribution in [0.1, 0.15) is 18.9 Å². The average molecular weight is 318 g/mol. The van der Waals surface area contributed by atoms with Gasteiger partial charge in [0.2, 0.25) is 0 Å². The second-order valence-corrected chi connectivity index (χ2v) is 5.94. The van der Waals surface area contributed by atoms with Crippen LogP contribution in [0.25, 0.3) is 0 Å². The van der Waals surface area contributed by atoms with Gasteiger partial charge in [-0.15, -0.1) is 0 Å². The van der Waals surface area contributed by atoms with Crippen LogP contribution < -0.4 is 34.3 Å². The van der Waals surface area contributed by atoms with E-state index in [0.29, 0.717) is 5.56 Å². The molecular weight excluding hydrogens is 305 g/mol. The molecule has 0 saturated heterocycles. The summed E-state index contributed by atoms with van der Waals surface area (Å²) < 4.78 is 60.2. The van der Waals surface area contributed by atoms with Gasteiger partial charge in [0.15, 0.2) is 4.93 Å². The number of hydrogen-bond donors (Lipinski definition) is 1. The van der Waals surface area contributed by atoms with Gasteiger partial charge in [0.05, 0.1) is 0 Å². The smallest absolute Gasteiger partial charge is 0.746 e. The van der Waals surface area contributed by atoms with E-state index in [4.69, 9.17) is 0 Å². The summed E-state index contributed by atoms with van der Waals surface area (Å²) in [7, 11) is -4.81. The molecule has 1 aromatic carbocycles. The largest absolute Gasteiger partial charge is 1.00 e. The third-order valence-electron chi connectivity index (χ3n) is 2.56. The zero-order chi connectivity index (χ0) is 14.7. The number of benzene rings is 1. The summed E-state index contributed by atoms with van der Waals surface area (Å²) >= 11 is 0. The Labute approximate surface area is 138 Å². The Hall–Kier alpha value is -0.250. The molecule has 0 aliphatic heterocycles. The van der Waals surface area contributed by atoms with Crippen molar-refractivity contribution in [3.63, 3.8) is 0 Å². The Morgan fingerprint density at radius 3 is 2.25 bits per heavy atom. The molecule has 0 aliphatic carbocycles. The van der Waals surface area contributed by atoms with E-state index in [1.807, 2.05) is 0 Å². The first-order valence-corrected chi connectivity index (χ1v) is 6.74. The molecule has 0 saturated carbocycles. The Morgan fingerprint density at radius 1 is 1.35 bits per heavy atom. The van der Waals surface area contributed by atoms with Crippen LogP contribution in [-0.2, 0) is 16.5 Å². The topological polar surface area (TPSA) is 86.7 Å². The number of aryl methyl sites for hydroxylation is 1. The van der Waals surface area contributed by atoms with Crippen molar-refractivity contribution in [3.8, 4) is 5.75 Å². The fourth-order valence-corrected chi connectivity index (χ4v) is 1.69. The van der Waals surface area contributed by atoms with E-state index in [1.54, 1.807) is 0 Å². The predicted octanol–water partition coefficient (Wildman–Crippen LogP) is -1.52. The maximum absolute atomic E-state index is 11.9. The van der Waals surface area contributed by atoms with Crippen molar-refractivity contribution < 1.29 is 61.2 Å². The summed E-state index contributed by atoms with van der Waals surface area (Å²) in [4.78, 5) is -2.36. The van der Waals surface area contributed by atoms with E-state index in [-0.39, 0.29) is 48.1 Å². The fraction of sp³-hybridized carbons (Fsp3) is 0.455. The van der Waals surface area contributed by atoms with Gasteiger partial charge in [-0.2, -0.15) is 8.78 Å². The molecule has 1 rings (SSSR count). The molecule has 20 heavy (non-hydrogen) atoms. The monoisotopic (exact) mass is 318 g/mol. The molecule has 0 heterocycles. The summed E-state index contributed by atoms with van der Waals surface area (Å²) in [6, 6.07) is 5.49. The number of halogens is 2. The SMILES string of the molecule is CC(O)(CCc1ccc(OC(F)F)cc1)S(=O)(=O)[O-].[Na+]. The standard InChI is InChI=1S/C11H14F2O5S.Na/c1-11(14,19(15,16)17)7-6-8-2-4-9(5-3-8)18-10(12)13;/h2-5,10,14H,6-7H2,1H3,(H,15,16,17);/q;+1/p-1. The third-order valence-corrected chi connectivity index (χ3v) is 3.85. The molecule has 5 nitrogen and oxygen atoms in total. The molecule has 0 spiro atoms. The first-order chi connectivity index (χ1) is 8.62. The minimum atomic E-state index is -4.81.